The zero-order valence-electron chi connectivity index (χ0n) is 6.28. The maximum absolute atomic E-state index is 3.49. The third-order valence-electron chi connectivity index (χ3n) is 1.40. The summed E-state index contributed by atoms with van der Waals surface area (Å²) in [6.45, 7) is 0. The van der Waals surface area contributed by atoms with E-state index in [0.717, 1.165) is 16.6 Å². The Hall–Kier alpha value is 1.31. The van der Waals surface area contributed by atoms with Gasteiger partial charge in [0.1, 0.15) is 0 Å². The maximum atomic E-state index is 3.49. The molecule has 0 heterocycles. The highest BCUT2D eigenvalue weighted by Gasteiger charge is 2.03. The van der Waals surface area contributed by atoms with Crippen LogP contribution in [-0.2, 0) is 0 Å². The van der Waals surface area contributed by atoms with Gasteiger partial charge in [0, 0.05) is 10.7 Å². The second kappa shape index (κ2) is 8.41. The smallest absolute Gasteiger partial charge is 0.00676 e. The molecule has 0 rings (SSSR count). The largest absolute Gasteiger partial charge is 0.165 e. The van der Waals surface area contributed by atoms with Crippen LogP contribution in [-0.4, -0.2) is 22.7 Å². The van der Waals surface area contributed by atoms with Crippen molar-refractivity contribution in [3.63, 3.8) is 0 Å². The number of hydrogen-bond acceptors (Lipinski definition) is 1. The molecule has 0 fully saturated rings. The lowest BCUT2D eigenvalue weighted by atomic mass is 10.1. The van der Waals surface area contributed by atoms with Gasteiger partial charge in [-0.15, -0.1) is 0 Å². The Bertz CT molecular complexity index is 64.6. The fourth-order valence-corrected chi connectivity index (χ4v) is 2.89. The van der Waals surface area contributed by atoms with Gasteiger partial charge in [0.05, 0.1) is 0 Å². The molecule has 0 radical (unpaired) electrons. The highest BCUT2D eigenvalue weighted by molar-refractivity contribution is 9.09. The summed E-state index contributed by atoms with van der Waals surface area (Å²) < 4.78 is 0. The van der Waals surface area contributed by atoms with Crippen LogP contribution >= 0.6 is 43.6 Å². The van der Waals surface area contributed by atoms with Gasteiger partial charge in [0.15, 0.2) is 0 Å². The Balaban J connectivity index is 3.09. The molecular weight excluding hydrogens is 276 g/mol. The first-order chi connectivity index (χ1) is 4.85. The highest BCUT2D eigenvalue weighted by atomic mass is 79.9. The van der Waals surface area contributed by atoms with Crippen molar-refractivity contribution in [2.75, 3.05) is 22.7 Å². The molecule has 10 heavy (non-hydrogen) atoms. The third-order valence-corrected chi connectivity index (χ3v) is 3.93. The lowest BCUT2D eigenvalue weighted by Crippen LogP contribution is -2.03. The van der Waals surface area contributed by atoms with Crippen molar-refractivity contribution in [2.24, 2.45) is 5.92 Å². The van der Waals surface area contributed by atoms with E-state index >= 15 is 0 Å². The lowest BCUT2D eigenvalue weighted by Gasteiger charge is -2.08. The van der Waals surface area contributed by atoms with Crippen LogP contribution in [0.2, 0.25) is 0 Å². The fraction of sp³-hybridized carbons (Fsp3) is 1.00. The third kappa shape index (κ3) is 6.05. The molecule has 0 saturated carbocycles. The fourth-order valence-electron chi connectivity index (χ4n) is 0.712. The summed E-state index contributed by atoms with van der Waals surface area (Å²) in [6, 6.07) is 0. The van der Waals surface area contributed by atoms with Crippen molar-refractivity contribution in [3.8, 4) is 0 Å². The quantitative estimate of drug-likeness (QED) is 0.532. The van der Waals surface area contributed by atoms with Gasteiger partial charge in [-0.1, -0.05) is 31.9 Å². The first-order valence-corrected chi connectivity index (χ1v) is 7.09. The topological polar surface area (TPSA) is 0 Å². The van der Waals surface area contributed by atoms with Crippen LogP contribution in [0.1, 0.15) is 12.8 Å². The zero-order chi connectivity index (χ0) is 7.82. The SMILES string of the molecule is CSCCCC(CBr)CBr. The second-order valence-electron chi connectivity index (χ2n) is 2.31. The standard InChI is InChI=1S/C7H14Br2S/c1-10-4-2-3-7(5-8)6-9/h7H,2-6H2,1H3. The number of rotatable bonds is 6. The minimum Gasteiger partial charge on any atom is -0.165 e. The Morgan fingerprint density at radius 1 is 1.30 bits per heavy atom. The average molecular weight is 290 g/mol. The van der Waals surface area contributed by atoms with Crippen molar-refractivity contribution in [3.05, 3.63) is 0 Å². The Labute approximate surface area is 84.8 Å². The van der Waals surface area contributed by atoms with E-state index in [2.05, 4.69) is 38.1 Å². The average Bonchev–Trinajstić information content (AvgIpc) is 1.99. The van der Waals surface area contributed by atoms with E-state index < -0.39 is 0 Å². The van der Waals surface area contributed by atoms with E-state index in [9.17, 15) is 0 Å². The first kappa shape index (κ1) is 11.3. The molecule has 62 valence electrons. The van der Waals surface area contributed by atoms with Gasteiger partial charge in [0.25, 0.3) is 0 Å². The lowest BCUT2D eigenvalue weighted by molar-refractivity contribution is 0.604. The molecule has 0 spiro atoms. The molecule has 0 N–H and O–H groups in total. The molecule has 0 atom stereocenters. The molecule has 0 aromatic heterocycles. The summed E-state index contributed by atoms with van der Waals surface area (Å²) in [6.07, 6.45) is 4.86. The van der Waals surface area contributed by atoms with Gasteiger partial charge >= 0.3 is 0 Å². The summed E-state index contributed by atoms with van der Waals surface area (Å²) in [5, 5.41) is 2.26. The summed E-state index contributed by atoms with van der Waals surface area (Å²) in [5.74, 6) is 2.13. The molecule has 0 aliphatic rings. The van der Waals surface area contributed by atoms with Crippen LogP contribution in [0.25, 0.3) is 0 Å². The zero-order valence-corrected chi connectivity index (χ0v) is 10.3. The predicted molar refractivity (Wildman–Crippen MR) is 58.7 cm³/mol. The van der Waals surface area contributed by atoms with Crippen molar-refractivity contribution in [1.29, 1.82) is 0 Å². The molecule has 0 bridgehead atoms. The van der Waals surface area contributed by atoms with Crippen LogP contribution in [0.3, 0.4) is 0 Å². The van der Waals surface area contributed by atoms with Crippen LogP contribution < -0.4 is 0 Å². The van der Waals surface area contributed by atoms with Gasteiger partial charge in [-0.3, -0.25) is 0 Å². The molecule has 0 aliphatic heterocycles. The summed E-state index contributed by atoms with van der Waals surface area (Å²) in [4.78, 5) is 0. The van der Waals surface area contributed by atoms with E-state index in [-0.39, 0.29) is 0 Å². The minimum atomic E-state index is 0.826. The Morgan fingerprint density at radius 3 is 2.30 bits per heavy atom. The minimum absolute atomic E-state index is 0.826. The summed E-state index contributed by atoms with van der Waals surface area (Å²) in [7, 11) is 0. The summed E-state index contributed by atoms with van der Waals surface area (Å²) in [5.41, 5.74) is 0. The number of halogens is 2. The van der Waals surface area contributed by atoms with Crippen LogP contribution in [0, 0.1) is 5.92 Å². The van der Waals surface area contributed by atoms with Crippen molar-refractivity contribution in [1.82, 2.24) is 0 Å². The predicted octanol–water partition coefficient (Wildman–Crippen LogP) is 3.54. The van der Waals surface area contributed by atoms with E-state index in [4.69, 9.17) is 0 Å². The molecule has 0 saturated heterocycles. The Morgan fingerprint density at radius 2 is 1.90 bits per heavy atom. The van der Waals surface area contributed by atoms with Crippen molar-refractivity contribution < 1.29 is 0 Å². The van der Waals surface area contributed by atoms with Crippen molar-refractivity contribution >= 4 is 43.6 Å². The summed E-state index contributed by atoms with van der Waals surface area (Å²) >= 11 is 8.92. The maximum Gasteiger partial charge on any atom is 0.00676 e. The molecule has 0 unspecified atom stereocenters. The Kier molecular flexibility index (Phi) is 9.51. The van der Waals surface area contributed by atoms with Gasteiger partial charge in [-0.2, -0.15) is 11.8 Å². The van der Waals surface area contributed by atoms with Crippen molar-refractivity contribution in [2.45, 2.75) is 12.8 Å². The molecule has 0 aromatic rings. The van der Waals surface area contributed by atoms with Crippen LogP contribution in [0.5, 0.6) is 0 Å². The number of alkyl halides is 2. The van der Waals surface area contributed by atoms with E-state index in [1.54, 1.807) is 0 Å². The molecule has 0 aromatic carbocycles. The molecular formula is C7H14Br2S. The van der Waals surface area contributed by atoms with Gasteiger partial charge in [-0.25, -0.2) is 0 Å². The van der Waals surface area contributed by atoms with E-state index in [1.165, 1.54) is 18.6 Å². The highest BCUT2D eigenvalue weighted by Crippen LogP contribution is 2.13. The van der Waals surface area contributed by atoms with Crippen LogP contribution in [0.4, 0.5) is 0 Å². The van der Waals surface area contributed by atoms with Gasteiger partial charge in [0.2, 0.25) is 0 Å². The van der Waals surface area contributed by atoms with Crippen LogP contribution in [0.15, 0.2) is 0 Å². The van der Waals surface area contributed by atoms with Gasteiger partial charge < -0.3 is 0 Å². The monoisotopic (exact) mass is 288 g/mol. The number of thioether (sulfide) groups is 1. The first-order valence-electron chi connectivity index (χ1n) is 3.46. The van der Waals surface area contributed by atoms with E-state index in [1.807, 2.05) is 11.8 Å². The number of hydrogen-bond donors (Lipinski definition) is 0. The second-order valence-corrected chi connectivity index (χ2v) is 4.59. The normalized spacial score (nSPS) is 10.8. The molecule has 0 amide bonds. The molecule has 0 nitrogen and oxygen atoms in total. The van der Waals surface area contributed by atoms with E-state index in [0.29, 0.717) is 0 Å². The van der Waals surface area contributed by atoms with Gasteiger partial charge in [-0.05, 0) is 30.8 Å². The molecule has 3 heteroatoms. The molecule has 0 aliphatic carbocycles.